The number of anilines is 1. The lowest BCUT2D eigenvalue weighted by Gasteiger charge is -2.10. The third kappa shape index (κ3) is 2.61. The molecule has 0 unspecified atom stereocenters. The van der Waals surface area contributed by atoms with Crippen molar-refractivity contribution in [3.8, 4) is 28.4 Å². The maximum absolute atomic E-state index is 5.59. The summed E-state index contributed by atoms with van der Waals surface area (Å²) in [7, 11) is 3.33. The summed E-state index contributed by atoms with van der Waals surface area (Å²) in [6.45, 7) is 3.01. The van der Waals surface area contributed by atoms with Crippen LogP contribution in [-0.4, -0.2) is 30.5 Å². The second-order valence-corrected chi connectivity index (χ2v) is 6.17. The van der Waals surface area contributed by atoms with Gasteiger partial charge in [-0.2, -0.15) is 5.10 Å². The van der Waals surface area contributed by atoms with Gasteiger partial charge in [-0.15, -0.1) is 0 Å². The number of methoxy groups -OCH3 is 2. The molecule has 2 heterocycles. The molecule has 0 spiro atoms. The van der Waals surface area contributed by atoms with Crippen molar-refractivity contribution in [2.24, 2.45) is 0 Å². The van der Waals surface area contributed by atoms with E-state index in [-0.39, 0.29) is 0 Å². The van der Waals surface area contributed by atoms with Crippen LogP contribution in [0.1, 0.15) is 11.1 Å². The van der Waals surface area contributed by atoms with E-state index < -0.39 is 0 Å². The van der Waals surface area contributed by atoms with Crippen LogP contribution in [0.4, 0.5) is 5.82 Å². The number of aryl methyl sites for hydroxylation is 1. The van der Waals surface area contributed by atoms with E-state index in [2.05, 4.69) is 36.5 Å². The largest absolute Gasteiger partial charge is 0.497 e. The first-order valence-electron chi connectivity index (χ1n) is 8.36. The topological polar surface area (TPSA) is 48.3 Å². The molecular weight excluding hydrogens is 314 g/mol. The van der Waals surface area contributed by atoms with Crippen LogP contribution in [0.5, 0.6) is 11.5 Å². The van der Waals surface area contributed by atoms with Crippen molar-refractivity contribution in [2.45, 2.75) is 13.3 Å². The Hall–Kier alpha value is -2.95. The van der Waals surface area contributed by atoms with Gasteiger partial charge >= 0.3 is 0 Å². The zero-order valence-electron chi connectivity index (χ0n) is 14.7. The number of fused-ring (bicyclic) bond motifs is 1. The fourth-order valence-electron chi connectivity index (χ4n) is 3.33. The highest BCUT2D eigenvalue weighted by atomic mass is 16.5. The SMILES string of the molecule is COc1ccc(-c2nn(-c3cccc(C)c3)c3c2CCN3)c(OC)c1. The summed E-state index contributed by atoms with van der Waals surface area (Å²) in [5, 5.41) is 8.38. The quantitative estimate of drug-likeness (QED) is 0.787. The van der Waals surface area contributed by atoms with E-state index in [4.69, 9.17) is 14.6 Å². The lowest BCUT2D eigenvalue weighted by atomic mass is 10.1. The van der Waals surface area contributed by atoms with Gasteiger partial charge in [0.05, 0.1) is 19.9 Å². The van der Waals surface area contributed by atoms with Crippen molar-refractivity contribution in [2.75, 3.05) is 26.1 Å². The van der Waals surface area contributed by atoms with Crippen LogP contribution in [0.25, 0.3) is 16.9 Å². The minimum atomic E-state index is 0.767. The molecule has 5 heteroatoms. The van der Waals surface area contributed by atoms with Gasteiger partial charge in [-0.25, -0.2) is 4.68 Å². The Bertz CT molecular complexity index is 931. The van der Waals surface area contributed by atoms with E-state index >= 15 is 0 Å². The van der Waals surface area contributed by atoms with Crippen LogP contribution in [0.2, 0.25) is 0 Å². The molecule has 5 nitrogen and oxygen atoms in total. The van der Waals surface area contributed by atoms with E-state index in [0.29, 0.717) is 0 Å². The van der Waals surface area contributed by atoms with Crippen molar-refractivity contribution in [1.29, 1.82) is 0 Å². The van der Waals surface area contributed by atoms with Crippen molar-refractivity contribution in [3.63, 3.8) is 0 Å². The molecule has 1 aromatic heterocycles. The molecule has 1 aliphatic heterocycles. The van der Waals surface area contributed by atoms with E-state index in [0.717, 1.165) is 47.2 Å². The third-order valence-corrected chi connectivity index (χ3v) is 4.56. The maximum atomic E-state index is 5.59. The summed E-state index contributed by atoms with van der Waals surface area (Å²) in [6, 6.07) is 14.2. The zero-order chi connectivity index (χ0) is 17.4. The first-order chi connectivity index (χ1) is 12.2. The van der Waals surface area contributed by atoms with Crippen LogP contribution in [0.3, 0.4) is 0 Å². The molecule has 0 bridgehead atoms. The Balaban J connectivity index is 1.89. The summed E-state index contributed by atoms with van der Waals surface area (Å²) in [5.41, 5.74) is 5.44. The number of nitrogens with zero attached hydrogens (tertiary/aromatic N) is 2. The van der Waals surface area contributed by atoms with Gasteiger partial charge in [-0.1, -0.05) is 12.1 Å². The molecule has 1 aliphatic rings. The van der Waals surface area contributed by atoms with Crippen LogP contribution >= 0.6 is 0 Å². The molecule has 0 fully saturated rings. The monoisotopic (exact) mass is 335 g/mol. The van der Waals surface area contributed by atoms with Crippen LogP contribution in [-0.2, 0) is 6.42 Å². The lowest BCUT2D eigenvalue weighted by Crippen LogP contribution is -2.04. The van der Waals surface area contributed by atoms with Gasteiger partial charge in [0.1, 0.15) is 23.0 Å². The molecule has 0 saturated carbocycles. The number of rotatable bonds is 4. The minimum absolute atomic E-state index is 0.767. The number of hydrogen-bond donors (Lipinski definition) is 1. The van der Waals surface area contributed by atoms with E-state index in [1.54, 1.807) is 14.2 Å². The van der Waals surface area contributed by atoms with Gasteiger partial charge in [0.25, 0.3) is 0 Å². The number of benzene rings is 2. The number of hydrogen-bond acceptors (Lipinski definition) is 4. The smallest absolute Gasteiger partial charge is 0.133 e. The summed E-state index contributed by atoms with van der Waals surface area (Å²) in [4.78, 5) is 0. The molecular formula is C20H21N3O2. The zero-order valence-corrected chi connectivity index (χ0v) is 14.7. The standard InChI is InChI=1S/C20H21N3O2/c1-13-5-4-6-14(11-13)23-20-17(9-10-21-20)19(22-23)16-8-7-15(24-2)12-18(16)25-3/h4-8,11-12,21H,9-10H2,1-3H3. The second-order valence-electron chi connectivity index (χ2n) is 6.17. The molecule has 0 atom stereocenters. The molecule has 1 N–H and O–H groups in total. The molecule has 2 aromatic carbocycles. The molecule has 128 valence electrons. The van der Waals surface area contributed by atoms with Gasteiger partial charge in [0, 0.05) is 23.7 Å². The van der Waals surface area contributed by atoms with Crippen molar-refractivity contribution in [1.82, 2.24) is 9.78 Å². The lowest BCUT2D eigenvalue weighted by molar-refractivity contribution is 0.395. The Kier molecular flexibility index (Phi) is 3.84. The average Bonchev–Trinajstić information content (AvgIpc) is 3.23. The summed E-state index contributed by atoms with van der Waals surface area (Å²) < 4.78 is 12.9. The van der Waals surface area contributed by atoms with E-state index in [9.17, 15) is 0 Å². The average molecular weight is 335 g/mol. The predicted molar refractivity (Wildman–Crippen MR) is 99.0 cm³/mol. The van der Waals surface area contributed by atoms with Gasteiger partial charge in [0.15, 0.2) is 0 Å². The molecule has 0 amide bonds. The number of aromatic nitrogens is 2. The van der Waals surface area contributed by atoms with Gasteiger partial charge < -0.3 is 14.8 Å². The molecule has 25 heavy (non-hydrogen) atoms. The highest BCUT2D eigenvalue weighted by Gasteiger charge is 2.25. The van der Waals surface area contributed by atoms with Crippen molar-refractivity contribution in [3.05, 3.63) is 53.6 Å². The van der Waals surface area contributed by atoms with Crippen molar-refractivity contribution >= 4 is 5.82 Å². The predicted octanol–water partition coefficient (Wildman–Crippen LogP) is 3.83. The Labute approximate surface area is 147 Å². The van der Waals surface area contributed by atoms with Gasteiger partial charge in [0.2, 0.25) is 0 Å². The molecule has 0 aliphatic carbocycles. The summed E-state index contributed by atoms with van der Waals surface area (Å²) in [5.74, 6) is 2.61. The molecule has 4 rings (SSSR count). The summed E-state index contributed by atoms with van der Waals surface area (Å²) >= 11 is 0. The molecule has 0 saturated heterocycles. The van der Waals surface area contributed by atoms with Crippen molar-refractivity contribution < 1.29 is 9.47 Å². The van der Waals surface area contributed by atoms with Crippen LogP contribution in [0.15, 0.2) is 42.5 Å². The fraction of sp³-hybridized carbons (Fsp3) is 0.250. The minimum Gasteiger partial charge on any atom is -0.497 e. The maximum Gasteiger partial charge on any atom is 0.133 e. The van der Waals surface area contributed by atoms with Crippen LogP contribution < -0.4 is 14.8 Å². The Morgan fingerprint density at radius 2 is 1.96 bits per heavy atom. The Morgan fingerprint density at radius 3 is 2.72 bits per heavy atom. The number of ether oxygens (including phenoxy) is 2. The second kappa shape index (κ2) is 6.16. The fourth-order valence-corrected chi connectivity index (χ4v) is 3.33. The van der Waals surface area contributed by atoms with Crippen LogP contribution in [0, 0.1) is 6.92 Å². The first kappa shape index (κ1) is 15.6. The summed E-state index contributed by atoms with van der Waals surface area (Å²) in [6.07, 6.45) is 0.950. The highest BCUT2D eigenvalue weighted by Crippen LogP contribution is 2.39. The van der Waals surface area contributed by atoms with Gasteiger partial charge in [-0.05, 0) is 43.2 Å². The normalized spacial score (nSPS) is 12.6. The first-order valence-corrected chi connectivity index (χ1v) is 8.36. The molecule has 0 radical (unpaired) electrons. The van der Waals surface area contributed by atoms with Gasteiger partial charge in [-0.3, -0.25) is 0 Å². The Morgan fingerprint density at radius 1 is 1.08 bits per heavy atom. The number of nitrogens with one attached hydrogen (secondary N) is 1. The van der Waals surface area contributed by atoms with E-state index in [1.807, 2.05) is 22.9 Å². The molecule has 3 aromatic rings. The third-order valence-electron chi connectivity index (χ3n) is 4.56. The highest BCUT2D eigenvalue weighted by molar-refractivity contribution is 5.77. The van der Waals surface area contributed by atoms with E-state index in [1.165, 1.54) is 11.1 Å².